The van der Waals surface area contributed by atoms with Crippen LogP contribution in [0.4, 0.5) is 0 Å². The van der Waals surface area contributed by atoms with Crippen molar-refractivity contribution in [2.45, 2.75) is 13.3 Å². The van der Waals surface area contributed by atoms with Crippen LogP contribution in [0.2, 0.25) is 5.02 Å². The van der Waals surface area contributed by atoms with Crippen molar-refractivity contribution < 1.29 is 14.4 Å². The molecule has 0 bridgehead atoms. The van der Waals surface area contributed by atoms with Crippen LogP contribution in [0.3, 0.4) is 0 Å². The lowest BCUT2D eigenvalue weighted by atomic mass is 10.1. The fourth-order valence-electron chi connectivity index (χ4n) is 2.46. The molecule has 0 saturated carbocycles. The number of halogens is 1. The summed E-state index contributed by atoms with van der Waals surface area (Å²) in [6.45, 7) is 3.59. The molecule has 1 aliphatic heterocycles. The maximum atomic E-state index is 12.1. The SMILES string of the molecule is CC(=O)N1CCN(C(=O)C(=O)NCCc2cccc(Cl)c2)CC1. The van der Waals surface area contributed by atoms with Crippen LogP contribution in [0.5, 0.6) is 0 Å². The Morgan fingerprint density at radius 2 is 1.78 bits per heavy atom. The molecule has 1 aliphatic rings. The largest absolute Gasteiger partial charge is 0.347 e. The zero-order chi connectivity index (χ0) is 16.8. The van der Waals surface area contributed by atoms with E-state index in [1.807, 2.05) is 18.2 Å². The summed E-state index contributed by atoms with van der Waals surface area (Å²) in [4.78, 5) is 38.4. The van der Waals surface area contributed by atoms with Crippen molar-refractivity contribution in [3.63, 3.8) is 0 Å². The van der Waals surface area contributed by atoms with Crippen LogP contribution in [0.25, 0.3) is 0 Å². The van der Waals surface area contributed by atoms with Crippen LogP contribution in [-0.2, 0) is 20.8 Å². The molecule has 1 saturated heterocycles. The van der Waals surface area contributed by atoms with Gasteiger partial charge in [0.1, 0.15) is 0 Å². The van der Waals surface area contributed by atoms with E-state index in [9.17, 15) is 14.4 Å². The van der Waals surface area contributed by atoms with Gasteiger partial charge in [-0.25, -0.2) is 0 Å². The first kappa shape index (κ1) is 17.3. The van der Waals surface area contributed by atoms with Gasteiger partial charge < -0.3 is 15.1 Å². The minimum absolute atomic E-state index is 0.0110. The van der Waals surface area contributed by atoms with E-state index in [0.717, 1.165) is 5.56 Å². The van der Waals surface area contributed by atoms with Crippen LogP contribution in [-0.4, -0.2) is 60.2 Å². The van der Waals surface area contributed by atoms with Crippen molar-refractivity contribution in [1.29, 1.82) is 0 Å². The predicted octanol–water partition coefficient (Wildman–Crippen LogP) is 0.689. The number of amides is 3. The molecule has 0 atom stereocenters. The first-order valence-electron chi connectivity index (χ1n) is 7.54. The number of piperazine rings is 1. The van der Waals surface area contributed by atoms with Gasteiger partial charge in [0.25, 0.3) is 0 Å². The summed E-state index contributed by atoms with van der Waals surface area (Å²) in [5.74, 6) is -1.16. The second-order valence-electron chi connectivity index (χ2n) is 5.43. The second-order valence-corrected chi connectivity index (χ2v) is 5.87. The first-order chi connectivity index (χ1) is 11.0. The topological polar surface area (TPSA) is 69.7 Å². The van der Waals surface area contributed by atoms with Gasteiger partial charge in [-0.3, -0.25) is 14.4 Å². The van der Waals surface area contributed by atoms with Gasteiger partial charge in [-0.2, -0.15) is 0 Å². The molecule has 7 heteroatoms. The van der Waals surface area contributed by atoms with Gasteiger partial charge in [-0.15, -0.1) is 0 Å². The van der Waals surface area contributed by atoms with Gasteiger partial charge in [-0.1, -0.05) is 23.7 Å². The van der Waals surface area contributed by atoms with Gasteiger partial charge >= 0.3 is 11.8 Å². The Bertz CT molecular complexity index is 598. The number of nitrogens with zero attached hydrogens (tertiary/aromatic N) is 2. The molecule has 0 spiro atoms. The predicted molar refractivity (Wildman–Crippen MR) is 87.0 cm³/mol. The smallest absolute Gasteiger partial charge is 0.312 e. The second kappa shape index (κ2) is 7.97. The van der Waals surface area contributed by atoms with E-state index < -0.39 is 11.8 Å². The highest BCUT2D eigenvalue weighted by atomic mass is 35.5. The molecule has 1 aromatic rings. The molecule has 3 amide bonds. The Hall–Kier alpha value is -2.08. The standard InChI is InChI=1S/C16H20ClN3O3/c1-12(21)19-7-9-20(10-8-19)16(23)15(22)18-6-5-13-3-2-4-14(17)11-13/h2-4,11H,5-10H2,1H3,(H,18,22). The quantitative estimate of drug-likeness (QED) is 0.825. The summed E-state index contributed by atoms with van der Waals surface area (Å²) in [7, 11) is 0. The van der Waals surface area contributed by atoms with Gasteiger partial charge in [0.15, 0.2) is 0 Å². The monoisotopic (exact) mass is 337 g/mol. The molecule has 0 aromatic heterocycles. The number of nitrogens with one attached hydrogen (secondary N) is 1. The Balaban J connectivity index is 1.75. The number of carbonyl (C=O) groups is 3. The van der Waals surface area contributed by atoms with Crippen molar-refractivity contribution in [2.24, 2.45) is 0 Å². The molecule has 23 heavy (non-hydrogen) atoms. The minimum Gasteiger partial charge on any atom is -0.347 e. The van der Waals surface area contributed by atoms with E-state index >= 15 is 0 Å². The highest BCUT2D eigenvalue weighted by Crippen LogP contribution is 2.10. The normalized spacial score (nSPS) is 14.5. The Morgan fingerprint density at radius 1 is 1.13 bits per heavy atom. The summed E-state index contributed by atoms with van der Waals surface area (Å²) >= 11 is 5.90. The fraction of sp³-hybridized carbons (Fsp3) is 0.438. The molecule has 1 fully saturated rings. The van der Waals surface area contributed by atoms with Crippen molar-refractivity contribution >= 4 is 29.3 Å². The molecule has 0 unspecified atom stereocenters. The van der Waals surface area contributed by atoms with Crippen molar-refractivity contribution in [1.82, 2.24) is 15.1 Å². The highest BCUT2D eigenvalue weighted by Gasteiger charge is 2.26. The molecular formula is C16H20ClN3O3. The summed E-state index contributed by atoms with van der Waals surface area (Å²) in [6.07, 6.45) is 0.609. The molecule has 6 nitrogen and oxygen atoms in total. The van der Waals surface area contributed by atoms with Crippen molar-refractivity contribution in [2.75, 3.05) is 32.7 Å². The van der Waals surface area contributed by atoms with E-state index in [4.69, 9.17) is 11.6 Å². The van der Waals surface area contributed by atoms with Crippen molar-refractivity contribution in [3.05, 3.63) is 34.9 Å². The number of hydrogen-bond acceptors (Lipinski definition) is 3. The van der Waals surface area contributed by atoms with Crippen LogP contribution in [0.15, 0.2) is 24.3 Å². The third kappa shape index (κ3) is 4.96. The van der Waals surface area contributed by atoms with Crippen molar-refractivity contribution in [3.8, 4) is 0 Å². The van der Waals surface area contributed by atoms with E-state index in [1.165, 1.54) is 11.8 Å². The van der Waals surface area contributed by atoms with E-state index in [1.54, 1.807) is 11.0 Å². The summed E-state index contributed by atoms with van der Waals surface area (Å²) in [5.41, 5.74) is 1.00. The van der Waals surface area contributed by atoms with E-state index in [0.29, 0.717) is 44.2 Å². The van der Waals surface area contributed by atoms with E-state index in [-0.39, 0.29) is 5.91 Å². The zero-order valence-electron chi connectivity index (χ0n) is 13.0. The molecule has 1 aromatic carbocycles. The minimum atomic E-state index is -0.608. The highest BCUT2D eigenvalue weighted by molar-refractivity contribution is 6.35. The molecule has 0 radical (unpaired) electrons. The molecule has 1 heterocycles. The van der Waals surface area contributed by atoms with Crippen LogP contribution >= 0.6 is 11.6 Å². The molecule has 2 rings (SSSR count). The maximum Gasteiger partial charge on any atom is 0.312 e. The Labute approximate surface area is 140 Å². The summed E-state index contributed by atoms with van der Waals surface area (Å²) in [6, 6.07) is 7.38. The van der Waals surface area contributed by atoms with Gasteiger partial charge in [-0.05, 0) is 24.1 Å². The molecule has 124 valence electrons. The molecular weight excluding hydrogens is 318 g/mol. The third-order valence-corrected chi connectivity index (χ3v) is 4.03. The maximum absolute atomic E-state index is 12.1. The van der Waals surface area contributed by atoms with Gasteiger partial charge in [0.2, 0.25) is 5.91 Å². The Morgan fingerprint density at radius 3 is 2.39 bits per heavy atom. The molecule has 0 aliphatic carbocycles. The van der Waals surface area contributed by atoms with Crippen LogP contribution in [0, 0.1) is 0 Å². The van der Waals surface area contributed by atoms with Gasteiger partial charge in [0.05, 0.1) is 0 Å². The lowest BCUT2D eigenvalue weighted by Gasteiger charge is -2.33. The third-order valence-electron chi connectivity index (χ3n) is 3.79. The first-order valence-corrected chi connectivity index (χ1v) is 7.92. The number of benzene rings is 1. The van der Waals surface area contributed by atoms with Gasteiger partial charge in [0, 0.05) is 44.7 Å². The lowest BCUT2D eigenvalue weighted by Crippen LogP contribution is -2.53. The average molecular weight is 338 g/mol. The average Bonchev–Trinajstić information content (AvgIpc) is 2.54. The van der Waals surface area contributed by atoms with Crippen LogP contribution in [0.1, 0.15) is 12.5 Å². The molecule has 1 N–H and O–H groups in total. The number of rotatable bonds is 3. The number of hydrogen-bond donors (Lipinski definition) is 1. The fourth-order valence-corrected chi connectivity index (χ4v) is 2.67. The Kier molecular flexibility index (Phi) is 5.98. The van der Waals surface area contributed by atoms with Crippen LogP contribution < -0.4 is 5.32 Å². The summed E-state index contributed by atoms with van der Waals surface area (Å²) < 4.78 is 0. The summed E-state index contributed by atoms with van der Waals surface area (Å²) in [5, 5.41) is 3.27. The zero-order valence-corrected chi connectivity index (χ0v) is 13.8. The number of carbonyl (C=O) groups excluding carboxylic acids is 3. The lowest BCUT2D eigenvalue weighted by molar-refractivity contribution is -0.148. The van der Waals surface area contributed by atoms with E-state index in [2.05, 4.69) is 5.32 Å².